The van der Waals surface area contributed by atoms with E-state index in [1.807, 2.05) is 12.1 Å². The largest absolute Gasteiger partial charge is 0.370 e. The van der Waals surface area contributed by atoms with Gasteiger partial charge in [-0.3, -0.25) is 4.99 Å². The van der Waals surface area contributed by atoms with E-state index in [1.54, 1.807) is 0 Å². The van der Waals surface area contributed by atoms with Crippen molar-refractivity contribution >= 4 is 21.9 Å². The SMILES string of the molecule is CCC1(c2cccc(Br)c2)CN=C(N)N1. The molecule has 1 aromatic carbocycles. The van der Waals surface area contributed by atoms with E-state index in [-0.39, 0.29) is 5.54 Å². The molecule has 2 rings (SSSR count). The Bertz CT molecular complexity index is 403. The summed E-state index contributed by atoms with van der Waals surface area (Å²) in [6.07, 6.45) is 0.966. The summed E-state index contributed by atoms with van der Waals surface area (Å²) in [4.78, 5) is 4.23. The molecule has 0 saturated carbocycles. The number of guanidine groups is 1. The summed E-state index contributed by atoms with van der Waals surface area (Å²) in [7, 11) is 0. The summed E-state index contributed by atoms with van der Waals surface area (Å²) in [5.74, 6) is 0.539. The van der Waals surface area contributed by atoms with Crippen LogP contribution < -0.4 is 11.1 Å². The third kappa shape index (κ3) is 1.86. The van der Waals surface area contributed by atoms with Crippen LogP contribution in [0, 0.1) is 0 Å². The smallest absolute Gasteiger partial charge is 0.189 e. The van der Waals surface area contributed by atoms with E-state index in [2.05, 4.69) is 45.3 Å². The molecule has 3 N–H and O–H groups in total. The van der Waals surface area contributed by atoms with Gasteiger partial charge >= 0.3 is 0 Å². The van der Waals surface area contributed by atoms with Crippen molar-refractivity contribution in [1.29, 1.82) is 0 Å². The predicted molar refractivity (Wildman–Crippen MR) is 65.7 cm³/mol. The van der Waals surface area contributed by atoms with Crippen LogP contribution in [-0.2, 0) is 5.54 Å². The van der Waals surface area contributed by atoms with Crippen molar-refractivity contribution in [2.45, 2.75) is 18.9 Å². The Kier molecular flexibility index (Phi) is 2.69. The van der Waals surface area contributed by atoms with Crippen molar-refractivity contribution in [3.8, 4) is 0 Å². The van der Waals surface area contributed by atoms with Crippen LogP contribution in [0.2, 0.25) is 0 Å². The lowest BCUT2D eigenvalue weighted by atomic mass is 9.88. The van der Waals surface area contributed by atoms with Gasteiger partial charge in [-0.05, 0) is 24.1 Å². The Hall–Kier alpha value is -1.03. The summed E-state index contributed by atoms with van der Waals surface area (Å²) in [6, 6.07) is 8.28. The molecule has 80 valence electrons. The highest BCUT2D eigenvalue weighted by molar-refractivity contribution is 9.10. The van der Waals surface area contributed by atoms with Gasteiger partial charge in [-0.15, -0.1) is 0 Å². The van der Waals surface area contributed by atoms with Gasteiger partial charge < -0.3 is 11.1 Å². The van der Waals surface area contributed by atoms with E-state index in [4.69, 9.17) is 5.73 Å². The molecule has 0 bridgehead atoms. The topological polar surface area (TPSA) is 50.4 Å². The van der Waals surface area contributed by atoms with Crippen molar-refractivity contribution in [2.75, 3.05) is 6.54 Å². The fraction of sp³-hybridized carbons (Fsp3) is 0.364. The Morgan fingerprint density at radius 2 is 2.40 bits per heavy atom. The van der Waals surface area contributed by atoms with Crippen molar-refractivity contribution < 1.29 is 0 Å². The molecule has 3 nitrogen and oxygen atoms in total. The van der Waals surface area contributed by atoms with Gasteiger partial charge in [0.15, 0.2) is 5.96 Å². The fourth-order valence-electron chi connectivity index (χ4n) is 1.90. The second-order valence-electron chi connectivity index (χ2n) is 3.77. The first kappa shape index (κ1) is 10.5. The molecule has 0 aromatic heterocycles. The van der Waals surface area contributed by atoms with E-state index >= 15 is 0 Å². The molecule has 15 heavy (non-hydrogen) atoms. The molecule has 0 saturated heterocycles. The number of nitrogens with two attached hydrogens (primary N) is 1. The van der Waals surface area contributed by atoms with E-state index in [0.717, 1.165) is 10.9 Å². The van der Waals surface area contributed by atoms with Gasteiger partial charge in [0.25, 0.3) is 0 Å². The van der Waals surface area contributed by atoms with Crippen LogP contribution in [0.1, 0.15) is 18.9 Å². The zero-order chi connectivity index (χ0) is 10.9. The van der Waals surface area contributed by atoms with Crippen LogP contribution >= 0.6 is 15.9 Å². The second-order valence-corrected chi connectivity index (χ2v) is 4.69. The van der Waals surface area contributed by atoms with Crippen molar-refractivity contribution in [3.05, 3.63) is 34.3 Å². The zero-order valence-corrected chi connectivity index (χ0v) is 10.2. The Balaban J connectivity index is 2.36. The summed E-state index contributed by atoms with van der Waals surface area (Å²) in [6.45, 7) is 2.85. The van der Waals surface area contributed by atoms with Crippen LogP contribution in [0.5, 0.6) is 0 Å². The minimum Gasteiger partial charge on any atom is -0.370 e. The number of hydrogen-bond acceptors (Lipinski definition) is 3. The molecule has 1 unspecified atom stereocenters. The Morgan fingerprint density at radius 3 is 2.93 bits per heavy atom. The van der Waals surface area contributed by atoms with Crippen molar-refractivity contribution in [1.82, 2.24) is 5.32 Å². The monoisotopic (exact) mass is 267 g/mol. The number of aliphatic imine (C=N–C) groups is 1. The van der Waals surface area contributed by atoms with E-state index in [0.29, 0.717) is 12.5 Å². The maximum atomic E-state index is 5.69. The van der Waals surface area contributed by atoms with Crippen LogP contribution in [0.3, 0.4) is 0 Å². The van der Waals surface area contributed by atoms with Gasteiger partial charge in [-0.1, -0.05) is 35.0 Å². The lowest BCUT2D eigenvalue weighted by molar-refractivity contribution is 0.415. The molecule has 1 atom stereocenters. The van der Waals surface area contributed by atoms with Gasteiger partial charge in [-0.25, -0.2) is 0 Å². The molecule has 0 aliphatic carbocycles. The average molecular weight is 268 g/mol. The van der Waals surface area contributed by atoms with Crippen LogP contribution in [0.4, 0.5) is 0 Å². The molecular formula is C11H14BrN3. The molecule has 0 amide bonds. The molecule has 1 aliphatic rings. The molecule has 0 fully saturated rings. The maximum Gasteiger partial charge on any atom is 0.189 e. The summed E-state index contributed by atoms with van der Waals surface area (Å²) < 4.78 is 1.08. The highest BCUT2D eigenvalue weighted by Gasteiger charge is 2.34. The summed E-state index contributed by atoms with van der Waals surface area (Å²) in [5.41, 5.74) is 6.80. The molecule has 0 radical (unpaired) electrons. The van der Waals surface area contributed by atoms with Crippen LogP contribution in [0.15, 0.2) is 33.7 Å². The first-order valence-corrected chi connectivity index (χ1v) is 5.80. The number of hydrogen-bond donors (Lipinski definition) is 2. The average Bonchev–Trinajstić information content (AvgIpc) is 2.61. The zero-order valence-electron chi connectivity index (χ0n) is 8.63. The minimum atomic E-state index is -0.117. The van der Waals surface area contributed by atoms with Crippen LogP contribution in [0.25, 0.3) is 0 Å². The summed E-state index contributed by atoms with van der Waals surface area (Å²) in [5, 5.41) is 3.27. The summed E-state index contributed by atoms with van der Waals surface area (Å²) >= 11 is 3.48. The molecular weight excluding hydrogens is 254 g/mol. The Labute approximate surface area is 97.9 Å². The first-order valence-electron chi connectivity index (χ1n) is 5.00. The molecule has 0 spiro atoms. The fourth-order valence-corrected chi connectivity index (χ4v) is 2.30. The predicted octanol–water partition coefficient (Wildman–Crippen LogP) is 1.97. The Morgan fingerprint density at radius 1 is 1.60 bits per heavy atom. The van der Waals surface area contributed by atoms with Gasteiger partial charge in [0, 0.05) is 4.47 Å². The molecule has 1 aliphatic heterocycles. The lowest BCUT2D eigenvalue weighted by Gasteiger charge is -2.28. The van der Waals surface area contributed by atoms with Gasteiger partial charge in [0.1, 0.15) is 0 Å². The van der Waals surface area contributed by atoms with E-state index in [9.17, 15) is 0 Å². The first-order chi connectivity index (χ1) is 7.16. The highest BCUT2D eigenvalue weighted by Crippen LogP contribution is 2.29. The maximum absolute atomic E-state index is 5.69. The van der Waals surface area contributed by atoms with Gasteiger partial charge in [0.2, 0.25) is 0 Å². The normalized spacial score (nSPS) is 24.8. The highest BCUT2D eigenvalue weighted by atomic mass is 79.9. The standard InChI is InChI=1S/C11H14BrN3/c1-2-11(7-14-10(13)15-11)8-4-3-5-9(12)6-8/h3-6H,2,7H2,1H3,(H3,13,14,15). The number of halogens is 1. The number of benzene rings is 1. The molecule has 1 aromatic rings. The van der Waals surface area contributed by atoms with Crippen molar-refractivity contribution in [2.24, 2.45) is 10.7 Å². The number of nitrogens with one attached hydrogen (secondary N) is 1. The third-order valence-corrected chi connectivity index (χ3v) is 3.36. The quantitative estimate of drug-likeness (QED) is 0.861. The molecule has 1 heterocycles. The van der Waals surface area contributed by atoms with Gasteiger partial charge in [0.05, 0.1) is 12.1 Å². The number of rotatable bonds is 2. The second kappa shape index (κ2) is 3.85. The lowest BCUT2D eigenvalue weighted by Crippen LogP contribution is -2.44. The van der Waals surface area contributed by atoms with E-state index < -0.39 is 0 Å². The minimum absolute atomic E-state index is 0.117. The third-order valence-electron chi connectivity index (χ3n) is 2.87. The van der Waals surface area contributed by atoms with Crippen LogP contribution in [-0.4, -0.2) is 12.5 Å². The van der Waals surface area contributed by atoms with Crippen molar-refractivity contribution in [3.63, 3.8) is 0 Å². The number of nitrogens with zero attached hydrogens (tertiary/aromatic N) is 1. The van der Waals surface area contributed by atoms with Gasteiger partial charge in [-0.2, -0.15) is 0 Å². The van der Waals surface area contributed by atoms with E-state index in [1.165, 1.54) is 5.56 Å². The molecule has 4 heteroatoms.